The van der Waals surface area contributed by atoms with Gasteiger partial charge in [-0.1, -0.05) is 23.8 Å². The number of rotatable bonds is 6. The van der Waals surface area contributed by atoms with Gasteiger partial charge >= 0.3 is 0 Å². The molecule has 1 heterocycles. The second-order valence-electron chi connectivity index (χ2n) is 6.81. The lowest BCUT2D eigenvalue weighted by Crippen LogP contribution is -2.32. The van der Waals surface area contributed by atoms with Crippen molar-refractivity contribution in [1.82, 2.24) is 10.3 Å². The van der Waals surface area contributed by atoms with Gasteiger partial charge in [0.05, 0.1) is 4.90 Å². The number of aromatic nitrogens is 1. The Morgan fingerprint density at radius 2 is 1.90 bits per heavy atom. The molecule has 0 radical (unpaired) electrons. The lowest BCUT2D eigenvalue weighted by Gasteiger charge is -2.19. The molecule has 1 aromatic heterocycles. The largest absolute Gasteiger partial charge is 0.350 e. The van der Waals surface area contributed by atoms with E-state index < -0.39 is 20.9 Å². The smallest absolute Gasteiger partial charge is 0.251 e. The molecular weight excluding hydrogens is 391 g/mol. The van der Waals surface area contributed by atoms with Crippen molar-refractivity contribution in [2.75, 3.05) is 6.54 Å². The Morgan fingerprint density at radius 1 is 1.10 bits per heavy atom. The normalized spacial score (nSPS) is 12.4. The molecule has 2 aromatic carbocycles. The van der Waals surface area contributed by atoms with Crippen molar-refractivity contribution in [2.45, 2.75) is 24.0 Å². The topological polar surface area (TPSA) is 76.1 Å². The molecule has 1 atom stereocenters. The third-order valence-electron chi connectivity index (χ3n) is 4.62. The quantitative estimate of drug-likeness (QED) is 0.625. The number of sulfone groups is 1. The third kappa shape index (κ3) is 4.68. The molecule has 3 rings (SSSR count). The first kappa shape index (κ1) is 20.7. The summed E-state index contributed by atoms with van der Waals surface area (Å²) in [7, 11) is -3.90. The summed E-state index contributed by atoms with van der Waals surface area (Å²) in [4.78, 5) is 16.5. The molecule has 29 heavy (non-hydrogen) atoms. The van der Waals surface area contributed by atoms with Crippen LogP contribution in [-0.4, -0.2) is 25.9 Å². The maximum Gasteiger partial charge on any atom is 0.251 e. The highest BCUT2D eigenvalue weighted by Crippen LogP contribution is 2.29. The highest BCUT2D eigenvalue weighted by atomic mass is 32.2. The summed E-state index contributed by atoms with van der Waals surface area (Å²) in [6.07, 6.45) is 3.00. The molecule has 0 aliphatic rings. The second-order valence-corrected chi connectivity index (χ2v) is 8.94. The molecule has 150 valence electrons. The minimum absolute atomic E-state index is 0.00458. The third-order valence-corrected chi connectivity index (χ3v) is 6.72. The first-order valence-corrected chi connectivity index (χ1v) is 10.6. The van der Waals surface area contributed by atoms with Crippen LogP contribution < -0.4 is 5.32 Å². The van der Waals surface area contributed by atoms with Crippen LogP contribution in [0, 0.1) is 19.7 Å². The number of aryl methyl sites for hydroxylation is 2. The molecule has 0 saturated heterocycles. The van der Waals surface area contributed by atoms with Gasteiger partial charge in [0.1, 0.15) is 11.1 Å². The van der Waals surface area contributed by atoms with Crippen molar-refractivity contribution in [3.8, 4) is 0 Å². The summed E-state index contributed by atoms with van der Waals surface area (Å²) < 4.78 is 40.2. The number of halogens is 1. The fraction of sp³-hybridized carbons (Fsp3) is 0.182. The summed E-state index contributed by atoms with van der Waals surface area (Å²) in [6, 6.07) is 14.0. The van der Waals surface area contributed by atoms with E-state index in [2.05, 4.69) is 10.3 Å². The predicted molar refractivity (Wildman–Crippen MR) is 109 cm³/mol. The number of pyridine rings is 1. The molecule has 1 amide bonds. The molecule has 5 nitrogen and oxygen atoms in total. The van der Waals surface area contributed by atoms with Crippen LogP contribution in [0.1, 0.15) is 32.3 Å². The van der Waals surface area contributed by atoms with Gasteiger partial charge in [0.15, 0.2) is 9.84 Å². The van der Waals surface area contributed by atoms with Gasteiger partial charge in [-0.15, -0.1) is 0 Å². The van der Waals surface area contributed by atoms with Gasteiger partial charge < -0.3 is 5.32 Å². The van der Waals surface area contributed by atoms with Crippen LogP contribution in [0.2, 0.25) is 0 Å². The fourth-order valence-electron chi connectivity index (χ4n) is 3.01. The lowest BCUT2D eigenvalue weighted by molar-refractivity contribution is 0.0953. The Labute approximate surface area is 169 Å². The summed E-state index contributed by atoms with van der Waals surface area (Å²) >= 11 is 0. The van der Waals surface area contributed by atoms with E-state index in [-0.39, 0.29) is 22.9 Å². The van der Waals surface area contributed by atoms with Crippen molar-refractivity contribution in [3.63, 3.8) is 0 Å². The molecular formula is C22H21FN2O3S. The van der Waals surface area contributed by atoms with Gasteiger partial charge in [0.25, 0.3) is 5.91 Å². The van der Waals surface area contributed by atoms with Crippen LogP contribution in [0.3, 0.4) is 0 Å². The zero-order chi connectivity index (χ0) is 21.0. The standard InChI is InChI=1S/C22H21FN2O3S/c1-15-5-3-6-17(11-15)22(26)25-14-21(18-7-4-10-24-13-18)29(27,28)19-8-9-20(23)16(2)12-19/h3-13,21H,14H2,1-2H3,(H,25,26)/t21-/m1/s1. The zero-order valence-corrected chi connectivity index (χ0v) is 16.9. The number of hydrogen-bond donors (Lipinski definition) is 1. The Kier molecular flexibility index (Phi) is 6.08. The Morgan fingerprint density at radius 3 is 2.55 bits per heavy atom. The summed E-state index contributed by atoms with van der Waals surface area (Å²) in [6.45, 7) is 3.24. The fourth-order valence-corrected chi connectivity index (χ4v) is 4.73. The van der Waals surface area contributed by atoms with Gasteiger partial charge in [-0.3, -0.25) is 9.78 Å². The maximum absolute atomic E-state index is 13.6. The van der Waals surface area contributed by atoms with E-state index in [0.717, 1.165) is 11.6 Å². The molecule has 1 N–H and O–H groups in total. The van der Waals surface area contributed by atoms with Crippen LogP contribution in [0.25, 0.3) is 0 Å². The van der Waals surface area contributed by atoms with Crippen LogP contribution in [0.5, 0.6) is 0 Å². The SMILES string of the molecule is Cc1cccc(C(=O)NC[C@H](c2cccnc2)S(=O)(=O)c2ccc(F)c(C)c2)c1. The number of amides is 1. The number of carbonyl (C=O) groups excluding carboxylic acids is 1. The van der Waals surface area contributed by atoms with Gasteiger partial charge in [-0.2, -0.15) is 0 Å². The highest BCUT2D eigenvalue weighted by molar-refractivity contribution is 7.91. The number of hydrogen-bond acceptors (Lipinski definition) is 4. The highest BCUT2D eigenvalue weighted by Gasteiger charge is 2.30. The second kappa shape index (κ2) is 8.53. The molecule has 0 aliphatic carbocycles. The summed E-state index contributed by atoms with van der Waals surface area (Å²) in [5.41, 5.74) is 2.06. The Hall–Kier alpha value is -3.06. The molecule has 0 saturated carbocycles. The van der Waals surface area contributed by atoms with Crippen molar-refractivity contribution >= 4 is 15.7 Å². The predicted octanol–water partition coefficient (Wildman–Crippen LogP) is 3.78. The van der Waals surface area contributed by atoms with Gasteiger partial charge in [0, 0.05) is 24.5 Å². The molecule has 0 unspecified atom stereocenters. The van der Waals surface area contributed by atoms with Crippen molar-refractivity contribution in [2.24, 2.45) is 0 Å². The van der Waals surface area contributed by atoms with E-state index in [1.54, 1.807) is 36.5 Å². The van der Waals surface area contributed by atoms with E-state index in [1.807, 2.05) is 13.0 Å². The zero-order valence-electron chi connectivity index (χ0n) is 16.1. The first-order valence-electron chi connectivity index (χ1n) is 9.04. The first-order chi connectivity index (χ1) is 13.8. The van der Waals surface area contributed by atoms with Crippen LogP contribution in [0.15, 0.2) is 71.9 Å². The van der Waals surface area contributed by atoms with Crippen LogP contribution in [0.4, 0.5) is 4.39 Å². The number of nitrogens with zero attached hydrogens (tertiary/aromatic N) is 1. The van der Waals surface area contributed by atoms with Crippen molar-refractivity contribution < 1.29 is 17.6 Å². The van der Waals surface area contributed by atoms with Crippen molar-refractivity contribution in [3.05, 3.63) is 95.1 Å². The Bertz CT molecular complexity index is 1130. The average molecular weight is 412 g/mol. The number of benzene rings is 2. The van der Waals surface area contributed by atoms with E-state index in [0.29, 0.717) is 11.1 Å². The minimum atomic E-state index is -3.90. The monoisotopic (exact) mass is 412 g/mol. The van der Waals surface area contributed by atoms with E-state index in [4.69, 9.17) is 0 Å². The van der Waals surface area contributed by atoms with Gasteiger partial charge in [-0.05, 0) is 61.4 Å². The number of nitrogens with one attached hydrogen (secondary N) is 1. The molecule has 0 aliphatic heterocycles. The van der Waals surface area contributed by atoms with Crippen LogP contribution >= 0.6 is 0 Å². The van der Waals surface area contributed by atoms with Gasteiger partial charge in [-0.25, -0.2) is 12.8 Å². The van der Waals surface area contributed by atoms with E-state index >= 15 is 0 Å². The molecule has 3 aromatic rings. The molecule has 0 fully saturated rings. The minimum Gasteiger partial charge on any atom is -0.350 e. The summed E-state index contributed by atoms with van der Waals surface area (Å²) in [5.74, 6) is -0.845. The lowest BCUT2D eigenvalue weighted by atomic mass is 10.1. The molecule has 0 bridgehead atoms. The Balaban J connectivity index is 1.93. The number of carbonyl (C=O) groups is 1. The van der Waals surface area contributed by atoms with Crippen LogP contribution in [-0.2, 0) is 9.84 Å². The summed E-state index contributed by atoms with van der Waals surface area (Å²) in [5, 5.41) is 1.65. The maximum atomic E-state index is 13.6. The average Bonchev–Trinajstić information content (AvgIpc) is 2.70. The van der Waals surface area contributed by atoms with Crippen molar-refractivity contribution in [1.29, 1.82) is 0 Å². The molecule has 0 spiro atoms. The van der Waals surface area contributed by atoms with E-state index in [9.17, 15) is 17.6 Å². The van der Waals surface area contributed by atoms with E-state index in [1.165, 1.54) is 25.3 Å². The van der Waals surface area contributed by atoms with Gasteiger partial charge in [0.2, 0.25) is 0 Å². The molecule has 7 heteroatoms.